The lowest BCUT2D eigenvalue weighted by Gasteiger charge is -2.13. The molecule has 0 fully saturated rings. The summed E-state index contributed by atoms with van der Waals surface area (Å²) in [5, 5.41) is 2.72. The summed E-state index contributed by atoms with van der Waals surface area (Å²) in [7, 11) is 0. The van der Waals surface area contributed by atoms with Gasteiger partial charge in [-0.05, 0) is 44.2 Å². The smallest absolute Gasteiger partial charge is 0.254 e. The molecule has 3 rings (SSSR count). The van der Waals surface area contributed by atoms with Gasteiger partial charge in [0, 0.05) is 23.7 Å². The normalized spacial score (nSPS) is 10.5. The fourth-order valence-electron chi connectivity index (χ4n) is 2.85. The number of anilines is 1. The van der Waals surface area contributed by atoms with Gasteiger partial charge in [0.05, 0.1) is 12.3 Å². The zero-order valence-electron chi connectivity index (χ0n) is 15.9. The first-order chi connectivity index (χ1) is 13.4. The summed E-state index contributed by atoms with van der Waals surface area (Å²) in [6.07, 6.45) is 0. The molecule has 0 spiro atoms. The highest BCUT2D eigenvalue weighted by Crippen LogP contribution is 2.34. The van der Waals surface area contributed by atoms with E-state index in [0.29, 0.717) is 35.1 Å². The van der Waals surface area contributed by atoms with Crippen molar-refractivity contribution in [2.45, 2.75) is 20.8 Å². The van der Waals surface area contributed by atoms with E-state index in [1.807, 2.05) is 25.1 Å². The molecule has 0 aliphatic carbocycles. The first-order valence-electron chi connectivity index (χ1n) is 8.81. The van der Waals surface area contributed by atoms with E-state index in [2.05, 4.69) is 10.3 Å². The van der Waals surface area contributed by atoms with Crippen LogP contribution in [0.1, 0.15) is 30.0 Å². The summed E-state index contributed by atoms with van der Waals surface area (Å²) in [4.78, 5) is 27.8. The van der Waals surface area contributed by atoms with Gasteiger partial charge in [-0.25, -0.2) is 4.98 Å². The number of hydrogen-bond acceptors (Lipinski definition) is 5. The fraction of sp³-hybridized carbons (Fsp3) is 0.190. The first kappa shape index (κ1) is 19.2. The van der Waals surface area contributed by atoms with E-state index in [0.717, 1.165) is 5.56 Å². The molecule has 0 bridgehead atoms. The minimum atomic E-state index is -0.646. The Morgan fingerprint density at radius 1 is 1.18 bits per heavy atom. The lowest BCUT2D eigenvalue weighted by Crippen LogP contribution is -2.16. The average molecular weight is 379 g/mol. The summed E-state index contributed by atoms with van der Waals surface area (Å²) >= 11 is 0. The van der Waals surface area contributed by atoms with E-state index in [9.17, 15) is 9.59 Å². The number of pyridine rings is 1. The molecule has 7 heteroatoms. The number of carbonyl (C=O) groups is 2. The van der Waals surface area contributed by atoms with Crippen LogP contribution in [-0.4, -0.2) is 23.4 Å². The molecule has 7 nitrogen and oxygen atoms in total. The van der Waals surface area contributed by atoms with Gasteiger partial charge < -0.3 is 20.2 Å². The van der Waals surface area contributed by atoms with Crippen LogP contribution in [0.4, 0.5) is 5.69 Å². The number of aryl methyl sites for hydroxylation is 1. The van der Waals surface area contributed by atoms with Gasteiger partial charge in [-0.2, -0.15) is 0 Å². The molecule has 3 aromatic rings. The van der Waals surface area contributed by atoms with Crippen LogP contribution < -0.4 is 15.8 Å². The topological polar surface area (TPSA) is 107 Å². The Kier molecular flexibility index (Phi) is 5.44. The second kappa shape index (κ2) is 7.96. The molecule has 2 heterocycles. The number of nitrogens with zero attached hydrogens (tertiary/aromatic N) is 1. The molecule has 2 amide bonds. The maximum absolute atomic E-state index is 12.1. The van der Waals surface area contributed by atoms with Crippen molar-refractivity contribution in [3.63, 3.8) is 0 Å². The number of aromatic nitrogens is 1. The molecule has 2 aromatic heterocycles. The number of amides is 2. The molecule has 0 saturated carbocycles. The van der Waals surface area contributed by atoms with Crippen LogP contribution in [-0.2, 0) is 4.79 Å². The number of nitrogens with two attached hydrogens (primary N) is 1. The van der Waals surface area contributed by atoms with Crippen molar-refractivity contribution in [2.24, 2.45) is 5.73 Å². The van der Waals surface area contributed by atoms with E-state index in [4.69, 9.17) is 14.9 Å². The number of furan rings is 1. The van der Waals surface area contributed by atoms with Crippen molar-refractivity contribution in [1.82, 2.24) is 4.98 Å². The highest BCUT2D eigenvalue weighted by Gasteiger charge is 2.22. The molecular formula is C21H21N3O4. The Bertz CT molecular complexity index is 1020. The molecule has 1 aromatic carbocycles. The van der Waals surface area contributed by atoms with Crippen molar-refractivity contribution in [2.75, 3.05) is 11.9 Å². The Morgan fingerprint density at radius 2 is 1.89 bits per heavy atom. The molecule has 0 aliphatic heterocycles. The predicted octanol–water partition coefficient (Wildman–Crippen LogP) is 3.77. The summed E-state index contributed by atoms with van der Waals surface area (Å²) < 4.78 is 11.3. The third-order valence-electron chi connectivity index (χ3n) is 4.02. The molecule has 0 radical (unpaired) electrons. The first-order valence-corrected chi connectivity index (χ1v) is 8.81. The maximum Gasteiger partial charge on any atom is 0.254 e. The van der Waals surface area contributed by atoms with Crippen LogP contribution in [0.5, 0.6) is 5.88 Å². The van der Waals surface area contributed by atoms with Crippen LogP contribution in [0, 0.1) is 6.92 Å². The van der Waals surface area contributed by atoms with Gasteiger partial charge in [-0.1, -0.05) is 12.1 Å². The highest BCUT2D eigenvalue weighted by molar-refractivity contribution is 6.02. The van der Waals surface area contributed by atoms with E-state index < -0.39 is 5.91 Å². The van der Waals surface area contributed by atoms with Gasteiger partial charge >= 0.3 is 0 Å². The minimum absolute atomic E-state index is 0.147. The Labute approximate surface area is 162 Å². The third kappa shape index (κ3) is 4.03. The highest BCUT2D eigenvalue weighted by atomic mass is 16.5. The summed E-state index contributed by atoms with van der Waals surface area (Å²) in [6, 6.07) is 12.5. The van der Waals surface area contributed by atoms with Crippen LogP contribution in [0.15, 0.2) is 46.9 Å². The standard InChI is InChI=1S/C21H21N3O4/c1-4-27-21-19(20(22)26)16(18-10-5-12(2)28-18)11-17(24-21)14-6-8-15(9-7-14)23-13(3)25/h5-11H,4H2,1-3H3,(H2,22,26)(H,23,25). The Morgan fingerprint density at radius 3 is 2.43 bits per heavy atom. The van der Waals surface area contributed by atoms with Gasteiger partial charge in [-0.3, -0.25) is 9.59 Å². The number of benzene rings is 1. The lowest BCUT2D eigenvalue weighted by molar-refractivity contribution is -0.114. The van der Waals surface area contributed by atoms with Crippen molar-refractivity contribution in [3.8, 4) is 28.5 Å². The van der Waals surface area contributed by atoms with Crippen molar-refractivity contribution < 1.29 is 18.7 Å². The zero-order valence-corrected chi connectivity index (χ0v) is 15.9. The number of hydrogen-bond donors (Lipinski definition) is 2. The summed E-state index contributed by atoms with van der Waals surface area (Å²) in [5.74, 6) is 0.577. The van der Waals surface area contributed by atoms with Crippen LogP contribution >= 0.6 is 0 Å². The van der Waals surface area contributed by atoms with Crippen LogP contribution in [0.3, 0.4) is 0 Å². The van der Waals surface area contributed by atoms with E-state index in [-0.39, 0.29) is 17.4 Å². The van der Waals surface area contributed by atoms with Crippen molar-refractivity contribution in [3.05, 3.63) is 53.8 Å². The molecule has 0 unspecified atom stereocenters. The molecule has 144 valence electrons. The maximum atomic E-state index is 12.1. The molecule has 0 saturated heterocycles. The van der Waals surface area contributed by atoms with Crippen LogP contribution in [0.25, 0.3) is 22.6 Å². The van der Waals surface area contributed by atoms with Gasteiger partial charge in [0.1, 0.15) is 17.1 Å². The molecule has 3 N–H and O–H groups in total. The number of nitrogens with one attached hydrogen (secondary N) is 1. The zero-order chi connectivity index (χ0) is 20.3. The van der Waals surface area contributed by atoms with E-state index >= 15 is 0 Å². The summed E-state index contributed by atoms with van der Waals surface area (Å²) in [5.41, 5.74) is 8.35. The second-order valence-corrected chi connectivity index (χ2v) is 6.20. The largest absolute Gasteiger partial charge is 0.477 e. The lowest BCUT2D eigenvalue weighted by atomic mass is 10.0. The molecule has 0 aliphatic rings. The monoisotopic (exact) mass is 379 g/mol. The Hall–Kier alpha value is -3.61. The quantitative estimate of drug-likeness (QED) is 0.678. The molecule has 28 heavy (non-hydrogen) atoms. The number of primary amides is 1. The molecular weight excluding hydrogens is 358 g/mol. The van der Waals surface area contributed by atoms with Crippen molar-refractivity contribution >= 4 is 17.5 Å². The summed E-state index contributed by atoms with van der Waals surface area (Å²) in [6.45, 7) is 5.40. The minimum Gasteiger partial charge on any atom is -0.477 e. The second-order valence-electron chi connectivity index (χ2n) is 6.20. The van der Waals surface area contributed by atoms with Crippen LogP contribution in [0.2, 0.25) is 0 Å². The Balaban J connectivity index is 2.15. The van der Waals surface area contributed by atoms with Gasteiger partial charge in [0.15, 0.2) is 0 Å². The fourth-order valence-corrected chi connectivity index (χ4v) is 2.85. The number of ether oxygens (including phenoxy) is 1. The SMILES string of the molecule is CCOc1nc(-c2ccc(NC(C)=O)cc2)cc(-c2ccc(C)o2)c1C(N)=O. The third-order valence-corrected chi connectivity index (χ3v) is 4.02. The number of rotatable bonds is 6. The van der Waals surface area contributed by atoms with E-state index in [1.165, 1.54) is 6.92 Å². The number of carbonyl (C=O) groups excluding carboxylic acids is 2. The molecule has 0 atom stereocenters. The van der Waals surface area contributed by atoms with Gasteiger partial charge in [0.2, 0.25) is 11.8 Å². The predicted molar refractivity (Wildman–Crippen MR) is 106 cm³/mol. The van der Waals surface area contributed by atoms with E-state index in [1.54, 1.807) is 31.2 Å². The average Bonchev–Trinajstić information content (AvgIpc) is 3.07. The van der Waals surface area contributed by atoms with Gasteiger partial charge in [0.25, 0.3) is 5.91 Å². The van der Waals surface area contributed by atoms with Gasteiger partial charge in [-0.15, -0.1) is 0 Å². The van der Waals surface area contributed by atoms with Crippen molar-refractivity contribution in [1.29, 1.82) is 0 Å².